The van der Waals surface area contributed by atoms with Crippen LogP contribution in [0.15, 0.2) is 18.2 Å². The van der Waals surface area contributed by atoms with Gasteiger partial charge in [0.25, 0.3) is 0 Å². The zero-order valence-corrected chi connectivity index (χ0v) is 11.3. The molecule has 0 aromatic heterocycles. The first kappa shape index (κ1) is 14.9. The highest BCUT2D eigenvalue weighted by atomic mass is 19.1. The van der Waals surface area contributed by atoms with Crippen LogP contribution in [0.25, 0.3) is 0 Å². The van der Waals surface area contributed by atoms with Gasteiger partial charge < -0.3 is 14.8 Å². The summed E-state index contributed by atoms with van der Waals surface area (Å²) in [5.74, 6) is 0.493. The summed E-state index contributed by atoms with van der Waals surface area (Å²) in [6, 6.07) is 4.94. The van der Waals surface area contributed by atoms with Gasteiger partial charge in [0.15, 0.2) is 18.4 Å². The summed E-state index contributed by atoms with van der Waals surface area (Å²) < 4.78 is 24.1. The molecule has 18 heavy (non-hydrogen) atoms. The molecule has 0 fully saturated rings. The summed E-state index contributed by atoms with van der Waals surface area (Å²) in [5, 5.41) is 3.27. The minimum Gasteiger partial charge on any atom is -0.464 e. The van der Waals surface area contributed by atoms with Gasteiger partial charge in [-0.2, -0.15) is 0 Å². The van der Waals surface area contributed by atoms with Crippen molar-refractivity contribution in [2.45, 2.75) is 27.3 Å². The number of benzene rings is 1. The van der Waals surface area contributed by atoms with Crippen molar-refractivity contribution in [1.29, 1.82) is 0 Å². The van der Waals surface area contributed by atoms with Gasteiger partial charge in [-0.1, -0.05) is 26.0 Å². The van der Waals surface area contributed by atoms with E-state index in [0.29, 0.717) is 19.1 Å². The maximum Gasteiger partial charge on any atom is 0.189 e. The van der Waals surface area contributed by atoms with Crippen LogP contribution in [0.4, 0.5) is 4.39 Å². The maximum atomic E-state index is 13.7. The van der Waals surface area contributed by atoms with Crippen molar-refractivity contribution in [3.8, 4) is 5.75 Å². The van der Waals surface area contributed by atoms with Gasteiger partial charge >= 0.3 is 0 Å². The van der Waals surface area contributed by atoms with Crippen LogP contribution in [0.2, 0.25) is 0 Å². The Bertz CT molecular complexity index is 356. The SMILES string of the molecule is CCOCOc1c(F)cccc1CNCC(C)C. The molecule has 102 valence electrons. The average Bonchev–Trinajstić information content (AvgIpc) is 2.32. The normalized spacial score (nSPS) is 10.9. The van der Waals surface area contributed by atoms with Crippen molar-refractivity contribution >= 4 is 0 Å². The molecule has 1 aromatic rings. The quantitative estimate of drug-likeness (QED) is 0.572. The van der Waals surface area contributed by atoms with Gasteiger partial charge in [-0.3, -0.25) is 0 Å². The Morgan fingerprint density at radius 3 is 2.78 bits per heavy atom. The number of rotatable bonds is 8. The van der Waals surface area contributed by atoms with Gasteiger partial charge in [0.1, 0.15) is 0 Å². The van der Waals surface area contributed by atoms with E-state index in [-0.39, 0.29) is 18.4 Å². The molecule has 0 saturated carbocycles. The molecule has 0 spiro atoms. The number of ether oxygens (including phenoxy) is 2. The average molecular weight is 255 g/mol. The van der Waals surface area contributed by atoms with Crippen molar-refractivity contribution in [3.05, 3.63) is 29.6 Å². The highest BCUT2D eigenvalue weighted by molar-refractivity contribution is 5.34. The molecule has 0 bridgehead atoms. The molecule has 0 radical (unpaired) electrons. The minimum absolute atomic E-state index is 0.0780. The number of halogens is 1. The van der Waals surface area contributed by atoms with Gasteiger partial charge in [-0.25, -0.2) is 4.39 Å². The van der Waals surface area contributed by atoms with E-state index in [2.05, 4.69) is 19.2 Å². The Morgan fingerprint density at radius 1 is 1.33 bits per heavy atom. The number of nitrogens with one attached hydrogen (secondary N) is 1. The highest BCUT2D eigenvalue weighted by Gasteiger charge is 2.09. The second-order valence-electron chi connectivity index (χ2n) is 4.51. The van der Waals surface area contributed by atoms with Crippen LogP contribution in [0.1, 0.15) is 26.3 Å². The molecule has 0 aliphatic rings. The lowest BCUT2D eigenvalue weighted by Gasteiger charge is -2.13. The van der Waals surface area contributed by atoms with E-state index in [4.69, 9.17) is 9.47 Å². The highest BCUT2D eigenvalue weighted by Crippen LogP contribution is 2.22. The van der Waals surface area contributed by atoms with Crippen LogP contribution in [0.3, 0.4) is 0 Å². The number of para-hydroxylation sites is 1. The lowest BCUT2D eigenvalue weighted by molar-refractivity contribution is 0.0194. The third kappa shape index (κ3) is 5.02. The molecule has 1 rings (SSSR count). The monoisotopic (exact) mass is 255 g/mol. The van der Waals surface area contributed by atoms with E-state index in [1.54, 1.807) is 6.07 Å². The molecule has 0 aliphatic heterocycles. The van der Waals surface area contributed by atoms with Crippen molar-refractivity contribution in [2.24, 2.45) is 5.92 Å². The fourth-order valence-corrected chi connectivity index (χ4v) is 1.53. The van der Waals surface area contributed by atoms with Crippen LogP contribution in [-0.4, -0.2) is 19.9 Å². The molecule has 4 heteroatoms. The third-order valence-corrected chi connectivity index (χ3v) is 2.41. The molecule has 1 aromatic carbocycles. The third-order valence-electron chi connectivity index (χ3n) is 2.41. The van der Waals surface area contributed by atoms with Gasteiger partial charge in [0.05, 0.1) is 0 Å². The van der Waals surface area contributed by atoms with E-state index in [9.17, 15) is 4.39 Å². The van der Waals surface area contributed by atoms with E-state index in [1.807, 2.05) is 13.0 Å². The second kappa shape index (κ2) is 8.06. The van der Waals surface area contributed by atoms with Gasteiger partial charge in [-0.15, -0.1) is 0 Å². The first-order valence-electron chi connectivity index (χ1n) is 6.33. The lowest BCUT2D eigenvalue weighted by atomic mass is 10.1. The van der Waals surface area contributed by atoms with E-state index in [0.717, 1.165) is 12.1 Å². The van der Waals surface area contributed by atoms with Crippen LogP contribution in [0.5, 0.6) is 5.75 Å². The van der Waals surface area contributed by atoms with Crippen LogP contribution in [0, 0.1) is 11.7 Å². The zero-order valence-electron chi connectivity index (χ0n) is 11.3. The summed E-state index contributed by atoms with van der Waals surface area (Å²) in [6.45, 7) is 8.24. The Balaban J connectivity index is 2.61. The standard InChI is InChI=1S/C14H22FNO2/c1-4-17-10-18-14-12(6-5-7-13(14)15)9-16-8-11(2)3/h5-7,11,16H,4,8-10H2,1-3H3. The predicted octanol–water partition coefficient (Wildman–Crippen LogP) is 2.94. The molecule has 0 unspecified atom stereocenters. The fraction of sp³-hybridized carbons (Fsp3) is 0.571. The van der Waals surface area contributed by atoms with E-state index < -0.39 is 0 Å². The largest absolute Gasteiger partial charge is 0.464 e. The molecule has 0 aliphatic carbocycles. The van der Waals surface area contributed by atoms with Crippen molar-refractivity contribution in [3.63, 3.8) is 0 Å². The van der Waals surface area contributed by atoms with Crippen molar-refractivity contribution in [1.82, 2.24) is 5.32 Å². The Morgan fingerprint density at radius 2 is 2.11 bits per heavy atom. The number of hydrogen-bond acceptors (Lipinski definition) is 3. The van der Waals surface area contributed by atoms with Crippen molar-refractivity contribution < 1.29 is 13.9 Å². The molecule has 0 heterocycles. The Labute approximate surface area is 108 Å². The molecule has 0 saturated heterocycles. The first-order chi connectivity index (χ1) is 8.65. The summed E-state index contributed by atoms with van der Waals surface area (Å²) in [5.41, 5.74) is 0.815. The Hall–Kier alpha value is -1.13. The van der Waals surface area contributed by atoms with Gasteiger partial charge in [-0.05, 0) is 25.5 Å². The summed E-state index contributed by atoms with van der Waals surface area (Å²) in [7, 11) is 0. The van der Waals surface area contributed by atoms with Gasteiger partial charge in [0, 0.05) is 18.7 Å². The van der Waals surface area contributed by atoms with Crippen molar-refractivity contribution in [2.75, 3.05) is 19.9 Å². The topological polar surface area (TPSA) is 30.5 Å². The zero-order chi connectivity index (χ0) is 13.4. The first-order valence-corrected chi connectivity index (χ1v) is 6.33. The van der Waals surface area contributed by atoms with E-state index in [1.165, 1.54) is 6.07 Å². The molecule has 3 nitrogen and oxygen atoms in total. The predicted molar refractivity (Wildman–Crippen MR) is 70.1 cm³/mol. The van der Waals surface area contributed by atoms with Crippen LogP contribution >= 0.6 is 0 Å². The maximum absolute atomic E-state index is 13.7. The number of hydrogen-bond donors (Lipinski definition) is 1. The van der Waals surface area contributed by atoms with Crippen LogP contribution < -0.4 is 10.1 Å². The van der Waals surface area contributed by atoms with E-state index >= 15 is 0 Å². The second-order valence-corrected chi connectivity index (χ2v) is 4.51. The summed E-state index contributed by atoms with van der Waals surface area (Å²) in [4.78, 5) is 0. The molecule has 0 atom stereocenters. The lowest BCUT2D eigenvalue weighted by Crippen LogP contribution is -2.20. The summed E-state index contributed by atoms with van der Waals surface area (Å²) in [6.07, 6.45) is 0. The smallest absolute Gasteiger partial charge is 0.189 e. The molecular formula is C14H22FNO2. The summed E-state index contributed by atoms with van der Waals surface area (Å²) >= 11 is 0. The fourth-order valence-electron chi connectivity index (χ4n) is 1.53. The minimum atomic E-state index is -0.349. The molecule has 0 amide bonds. The molecular weight excluding hydrogens is 233 g/mol. The van der Waals surface area contributed by atoms with Crippen LogP contribution in [-0.2, 0) is 11.3 Å². The molecule has 1 N–H and O–H groups in total. The van der Waals surface area contributed by atoms with Gasteiger partial charge in [0.2, 0.25) is 0 Å². The Kier molecular flexibility index (Phi) is 6.68.